The molecule has 1 atom stereocenters. The van der Waals surface area contributed by atoms with Crippen LogP contribution in [0.1, 0.15) is 23.7 Å². The molecule has 8 heteroatoms. The number of aliphatic hydroxyl groups is 1. The maximum atomic E-state index is 12.6. The average Bonchev–Trinajstić information content (AvgIpc) is 2.13. The van der Waals surface area contributed by atoms with Gasteiger partial charge >= 0.3 is 5.38 Å². The minimum atomic E-state index is -3.95. The number of rotatable bonds is 3. The Morgan fingerprint density at radius 2 is 1.53 bits per heavy atom. The van der Waals surface area contributed by atoms with Gasteiger partial charge in [-0.2, -0.15) is 8.78 Å². The van der Waals surface area contributed by atoms with Crippen molar-refractivity contribution >= 4 is 34.8 Å². The Balaban J connectivity index is 3.24. The van der Waals surface area contributed by atoms with Crippen LogP contribution in [0.15, 0.2) is 12.1 Å². The number of aliphatic hydroxyl groups excluding tert-OH is 1. The van der Waals surface area contributed by atoms with Crippen LogP contribution in [0.3, 0.4) is 0 Å². The minimum absolute atomic E-state index is 0.440. The summed E-state index contributed by atoms with van der Waals surface area (Å²) in [6.45, 7) is 0. The second kappa shape index (κ2) is 5.18. The molecule has 0 heterocycles. The lowest BCUT2D eigenvalue weighted by Gasteiger charge is -2.18. The van der Waals surface area contributed by atoms with Crippen LogP contribution >= 0.6 is 34.8 Å². The zero-order chi connectivity index (χ0) is 13.4. The lowest BCUT2D eigenvalue weighted by Crippen LogP contribution is -2.19. The highest BCUT2D eigenvalue weighted by Crippen LogP contribution is 2.40. The third kappa shape index (κ3) is 3.37. The summed E-state index contributed by atoms with van der Waals surface area (Å²) in [6, 6.07) is 1.55. The quantitative estimate of drug-likeness (QED) is 0.628. The van der Waals surface area contributed by atoms with Crippen LogP contribution in [0.5, 0.6) is 0 Å². The van der Waals surface area contributed by atoms with Gasteiger partial charge in [0.25, 0.3) is 6.43 Å². The molecular weight excluding hydrogens is 306 g/mol. The molecule has 1 aromatic carbocycles. The molecule has 1 nitrogen and oxygen atoms in total. The van der Waals surface area contributed by atoms with Crippen LogP contribution in [-0.2, 0) is 0 Å². The topological polar surface area (TPSA) is 20.2 Å². The zero-order valence-corrected chi connectivity index (χ0v) is 10.2. The first-order valence-corrected chi connectivity index (χ1v) is 5.29. The van der Waals surface area contributed by atoms with Crippen molar-refractivity contribution in [2.45, 2.75) is 17.9 Å². The van der Waals surface area contributed by atoms with Crippen molar-refractivity contribution in [1.29, 1.82) is 0 Å². The van der Waals surface area contributed by atoms with Gasteiger partial charge in [0.05, 0.1) is 15.6 Å². The molecule has 0 saturated carbocycles. The first kappa shape index (κ1) is 14.8. The van der Waals surface area contributed by atoms with E-state index in [0.29, 0.717) is 0 Å². The summed E-state index contributed by atoms with van der Waals surface area (Å²) in [5.74, 6) is 0. The maximum absolute atomic E-state index is 12.6. The number of alkyl halides is 5. The molecule has 0 saturated heterocycles. The largest absolute Gasteiger partial charge is 0.381 e. The second-order valence-electron chi connectivity index (χ2n) is 3.14. The van der Waals surface area contributed by atoms with Gasteiger partial charge in [-0.25, -0.2) is 8.78 Å². The van der Waals surface area contributed by atoms with Gasteiger partial charge in [0.1, 0.15) is 0 Å². The van der Waals surface area contributed by atoms with Crippen molar-refractivity contribution in [1.82, 2.24) is 0 Å². The van der Waals surface area contributed by atoms with E-state index in [2.05, 4.69) is 11.6 Å². The lowest BCUT2D eigenvalue weighted by atomic mass is 10.1. The SMILES string of the molecule is OC(c1cc(Cl)c(C(F)F)c(Cl)c1)C(F)(F)Cl. The molecule has 1 rings (SSSR count). The van der Waals surface area contributed by atoms with E-state index in [4.69, 9.17) is 28.3 Å². The predicted molar refractivity (Wildman–Crippen MR) is 57.2 cm³/mol. The first-order chi connectivity index (χ1) is 7.64. The van der Waals surface area contributed by atoms with Crippen molar-refractivity contribution in [2.75, 3.05) is 0 Å². The van der Waals surface area contributed by atoms with E-state index in [1.165, 1.54) is 0 Å². The number of benzene rings is 1. The van der Waals surface area contributed by atoms with Crippen molar-refractivity contribution in [2.24, 2.45) is 0 Å². The summed E-state index contributed by atoms with van der Waals surface area (Å²) < 4.78 is 50.1. The zero-order valence-electron chi connectivity index (χ0n) is 7.90. The molecule has 0 fully saturated rings. The fourth-order valence-corrected chi connectivity index (χ4v) is 1.95. The van der Waals surface area contributed by atoms with E-state index in [-0.39, 0.29) is 0 Å². The van der Waals surface area contributed by atoms with Crippen LogP contribution in [-0.4, -0.2) is 10.5 Å². The van der Waals surface area contributed by atoms with Gasteiger partial charge in [0, 0.05) is 0 Å². The highest BCUT2D eigenvalue weighted by atomic mass is 35.5. The fourth-order valence-electron chi connectivity index (χ4n) is 1.16. The highest BCUT2D eigenvalue weighted by Gasteiger charge is 2.37. The molecule has 0 aliphatic carbocycles. The van der Waals surface area contributed by atoms with Gasteiger partial charge in [-0.3, -0.25) is 0 Å². The monoisotopic (exact) mass is 310 g/mol. The normalized spacial score (nSPS) is 14.2. The Morgan fingerprint density at radius 3 is 1.82 bits per heavy atom. The number of hydrogen-bond acceptors (Lipinski definition) is 1. The van der Waals surface area contributed by atoms with E-state index in [1.54, 1.807) is 0 Å². The van der Waals surface area contributed by atoms with Crippen molar-refractivity contribution in [3.63, 3.8) is 0 Å². The van der Waals surface area contributed by atoms with Gasteiger partial charge in [-0.05, 0) is 29.3 Å². The summed E-state index contributed by atoms with van der Waals surface area (Å²) >= 11 is 15.5. The predicted octanol–water partition coefficient (Wildman–Crippen LogP) is 4.80. The smallest absolute Gasteiger partial charge is 0.351 e. The number of hydrogen-bond donors (Lipinski definition) is 1. The molecule has 0 spiro atoms. The molecule has 96 valence electrons. The lowest BCUT2D eigenvalue weighted by molar-refractivity contribution is -0.0424. The molecule has 0 aliphatic heterocycles. The summed E-state index contributed by atoms with van der Waals surface area (Å²) in [7, 11) is 0. The van der Waals surface area contributed by atoms with Gasteiger partial charge < -0.3 is 5.11 Å². The molecule has 0 radical (unpaired) electrons. The molecule has 1 unspecified atom stereocenters. The van der Waals surface area contributed by atoms with Gasteiger partial charge in [-0.1, -0.05) is 23.2 Å². The second-order valence-corrected chi connectivity index (χ2v) is 4.46. The third-order valence-corrected chi connectivity index (χ3v) is 2.78. The fraction of sp³-hybridized carbons (Fsp3) is 0.333. The van der Waals surface area contributed by atoms with E-state index in [9.17, 15) is 17.6 Å². The molecule has 0 aromatic heterocycles. The Kier molecular flexibility index (Phi) is 4.52. The number of halogens is 7. The van der Waals surface area contributed by atoms with Crippen LogP contribution in [0.2, 0.25) is 10.0 Å². The van der Waals surface area contributed by atoms with Gasteiger partial charge in [0.2, 0.25) is 0 Å². The van der Waals surface area contributed by atoms with Crippen LogP contribution in [0.4, 0.5) is 17.6 Å². The molecule has 1 N–H and O–H groups in total. The van der Waals surface area contributed by atoms with Gasteiger partial charge in [-0.15, -0.1) is 0 Å². The summed E-state index contributed by atoms with van der Waals surface area (Å²) in [4.78, 5) is 0. The van der Waals surface area contributed by atoms with E-state index < -0.39 is 39.1 Å². The maximum Gasteiger partial charge on any atom is 0.351 e. The summed E-state index contributed by atoms with van der Waals surface area (Å²) in [5.41, 5.74) is -1.12. The Labute approximate surface area is 109 Å². The first-order valence-electron chi connectivity index (χ1n) is 4.16. The minimum Gasteiger partial charge on any atom is -0.381 e. The summed E-state index contributed by atoms with van der Waals surface area (Å²) in [6.07, 6.45) is -5.33. The average molecular weight is 311 g/mol. The standard InChI is InChI=1S/C9H5Cl3F4O/c10-4-1-3(7(17)9(12,15)16)2-5(11)6(4)8(13)14/h1-2,7-8,17H. The van der Waals surface area contributed by atoms with Crippen LogP contribution in [0.25, 0.3) is 0 Å². The van der Waals surface area contributed by atoms with Crippen LogP contribution in [0, 0.1) is 0 Å². The Hall–Kier alpha value is -0.230. The Morgan fingerprint density at radius 1 is 1.12 bits per heavy atom. The molecular formula is C9H5Cl3F4O. The van der Waals surface area contributed by atoms with E-state index >= 15 is 0 Å². The van der Waals surface area contributed by atoms with Crippen molar-refractivity contribution < 1.29 is 22.7 Å². The molecule has 0 bridgehead atoms. The highest BCUT2D eigenvalue weighted by molar-refractivity contribution is 6.36. The molecule has 17 heavy (non-hydrogen) atoms. The third-order valence-electron chi connectivity index (χ3n) is 1.95. The van der Waals surface area contributed by atoms with Crippen molar-refractivity contribution in [3.8, 4) is 0 Å². The van der Waals surface area contributed by atoms with Crippen LogP contribution < -0.4 is 0 Å². The van der Waals surface area contributed by atoms with E-state index in [1.807, 2.05) is 0 Å². The molecule has 1 aromatic rings. The van der Waals surface area contributed by atoms with Crippen molar-refractivity contribution in [3.05, 3.63) is 33.3 Å². The molecule has 0 amide bonds. The van der Waals surface area contributed by atoms with Gasteiger partial charge in [0.15, 0.2) is 6.10 Å². The van der Waals surface area contributed by atoms with E-state index in [0.717, 1.165) is 12.1 Å². The Bertz CT molecular complexity index is 396. The molecule has 0 aliphatic rings. The summed E-state index contributed by atoms with van der Waals surface area (Å²) in [5, 5.41) is 4.18.